The zero-order valence-electron chi connectivity index (χ0n) is 11.8. The molecule has 23 heavy (non-hydrogen) atoms. The van der Waals surface area contributed by atoms with Gasteiger partial charge < -0.3 is 11.1 Å². The van der Waals surface area contributed by atoms with Gasteiger partial charge in [0, 0.05) is 12.1 Å². The predicted octanol–water partition coefficient (Wildman–Crippen LogP) is 3.65. The fourth-order valence-corrected chi connectivity index (χ4v) is 1.98. The van der Waals surface area contributed by atoms with Crippen LogP contribution in [0.5, 0.6) is 0 Å². The molecule has 0 saturated heterocycles. The van der Waals surface area contributed by atoms with Crippen molar-refractivity contribution in [1.82, 2.24) is 0 Å². The minimum atomic E-state index is -1.89. The van der Waals surface area contributed by atoms with E-state index in [0.717, 1.165) is 0 Å². The molecule has 0 atom stereocenters. The molecule has 0 aliphatic rings. The third kappa shape index (κ3) is 3.03. The van der Waals surface area contributed by atoms with Crippen LogP contribution in [0.1, 0.15) is 11.1 Å². The second kappa shape index (κ2) is 6.11. The lowest BCUT2D eigenvalue weighted by molar-refractivity contribution is -0.386. The Labute approximate surface area is 127 Å². The SMILES string of the molecule is Cc1ccc(CNc2c(F)c(N)c([N+](=O)[O-])c(F)c2F)c(F)c1. The molecule has 9 heteroatoms. The van der Waals surface area contributed by atoms with E-state index < -0.39 is 45.3 Å². The zero-order chi connectivity index (χ0) is 17.3. The number of rotatable bonds is 4. The molecule has 0 aromatic heterocycles. The number of nitrogens with two attached hydrogens (primary N) is 1. The van der Waals surface area contributed by atoms with E-state index >= 15 is 0 Å². The summed E-state index contributed by atoms with van der Waals surface area (Å²) in [6.07, 6.45) is 0. The number of nitrogens with zero attached hydrogens (tertiary/aromatic N) is 1. The summed E-state index contributed by atoms with van der Waals surface area (Å²) in [5.74, 6) is -5.81. The molecule has 2 aromatic rings. The molecule has 2 aromatic carbocycles. The topological polar surface area (TPSA) is 81.2 Å². The second-order valence-electron chi connectivity index (χ2n) is 4.78. The molecule has 0 unspecified atom stereocenters. The Bertz CT molecular complexity index is 767. The van der Waals surface area contributed by atoms with Gasteiger partial charge in [0.05, 0.1) is 4.92 Å². The van der Waals surface area contributed by atoms with Crippen LogP contribution in [0.3, 0.4) is 0 Å². The van der Waals surface area contributed by atoms with Crippen LogP contribution < -0.4 is 11.1 Å². The number of nitro benzene ring substituents is 1. The fourth-order valence-electron chi connectivity index (χ4n) is 1.98. The van der Waals surface area contributed by atoms with Crippen LogP contribution in [-0.4, -0.2) is 4.92 Å². The van der Waals surface area contributed by atoms with Crippen molar-refractivity contribution in [3.8, 4) is 0 Å². The summed E-state index contributed by atoms with van der Waals surface area (Å²) in [5.41, 5.74) is 2.25. The third-order valence-electron chi connectivity index (χ3n) is 3.18. The molecule has 0 amide bonds. The highest BCUT2D eigenvalue weighted by atomic mass is 19.2. The molecular weight excluding hydrogens is 318 g/mol. The van der Waals surface area contributed by atoms with E-state index in [1.807, 2.05) is 0 Å². The van der Waals surface area contributed by atoms with E-state index in [-0.39, 0.29) is 12.1 Å². The number of nitro groups is 1. The molecule has 0 heterocycles. The van der Waals surface area contributed by atoms with Crippen LogP contribution in [0.25, 0.3) is 0 Å². The molecule has 122 valence electrons. The van der Waals surface area contributed by atoms with Crippen LogP contribution in [0.15, 0.2) is 18.2 Å². The summed E-state index contributed by atoms with van der Waals surface area (Å²) in [5, 5.41) is 12.8. The van der Waals surface area contributed by atoms with E-state index in [0.29, 0.717) is 5.56 Å². The van der Waals surface area contributed by atoms with Gasteiger partial charge in [0.1, 0.15) is 11.5 Å². The Balaban J connectivity index is 2.39. The number of hydrogen-bond donors (Lipinski definition) is 2. The van der Waals surface area contributed by atoms with Crippen molar-refractivity contribution in [2.45, 2.75) is 13.5 Å². The van der Waals surface area contributed by atoms with Crippen LogP contribution in [0, 0.1) is 40.3 Å². The molecule has 0 aliphatic heterocycles. The minimum absolute atomic E-state index is 0.0757. The van der Waals surface area contributed by atoms with Gasteiger partial charge in [-0.25, -0.2) is 13.2 Å². The number of anilines is 2. The summed E-state index contributed by atoms with van der Waals surface area (Å²) < 4.78 is 55.0. The lowest BCUT2D eigenvalue weighted by atomic mass is 10.1. The molecular formula is C14H11F4N3O2. The molecule has 0 bridgehead atoms. The molecule has 0 spiro atoms. The van der Waals surface area contributed by atoms with Crippen LogP contribution in [0.2, 0.25) is 0 Å². The maximum Gasteiger partial charge on any atom is 0.333 e. The molecule has 3 N–H and O–H groups in total. The Kier molecular flexibility index (Phi) is 4.39. The van der Waals surface area contributed by atoms with E-state index in [1.54, 1.807) is 13.0 Å². The minimum Gasteiger partial charge on any atom is -0.391 e. The highest BCUT2D eigenvalue weighted by Gasteiger charge is 2.31. The summed E-state index contributed by atoms with van der Waals surface area (Å²) in [4.78, 5) is 9.28. The maximum atomic E-state index is 13.9. The van der Waals surface area contributed by atoms with Crippen molar-refractivity contribution >= 4 is 17.1 Å². The normalized spacial score (nSPS) is 10.7. The van der Waals surface area contributed by atoms with Gasteiger partial charge >= 0.3 is 5.69 Å². The van der Waals surface area contributed by atoms with Gasteiger partial charge in [-0.15, -0.1) is 0 Å². The smallest absolute Gasteiger partial charge is 0.333 e. The van der Waals surface area contributed by atoms with Gasteiger partial charge in [-0.1, -0.05) is 12.1 Å². The second-order valence-corrected chi connectivity index (χ2v) is 4.78. The van der Waals surface area contributed by atoms with Crippen molar-refractivity contribution in [1.29, 1.82) is 0 Å². The molecule has 0 saturated carbocycles. The number of hydrogen-bond acceptors (Lipinski definition) is 4. The lowest BCUT2D eigenvalue weighted by Gasteiger charge is -2.12. The highest BCUT2D eigenvalue weighted by Crippen LogP contribution is 2.36. The largest absolute Gasteiger partial charge is 0.391 e. The number of benzene rings is 2. The van der Waals surface area contributed by atoms with Gasteiger partial charge in [0.15, 0.2) is 17.3 Å². The van der Waals surface area contributed by atoms with Crippen LogP contribution >= 0.6 is 0 Å². The molecule has 2 rings (SSSR count). The Morgan fingerprint density at radius 3 is 2.39 bits per heavy atom. The fraction of sp³-hybridized carbons (Fsp3) is 0.143. The summed E-state index contributed by atoms with van der Waals surface area (Å²) in [6, 6.07) is 4.19. The molecule has 0 aliphatic carbocycles. The first kappa shape index (κ1) is 16.5. The van der Waals surface area contributed by atoms with Gasteiger partial charge in [0.25, 0.3) is 0 Å². The van der Waals surface area contributed by atoms with E-state index in [9.17, 15) is 27.7 Å². The van der Waals surface area contributed by atoms with Crippen LogP contribution in [-0.2, 0) is 6.54 Å². The van der Waals surface area contributed by atoms with E-state index in [1.165, 1.54) is 12.1 Å². The first-order chi connectivity index (χ1) is 10.7. The van der Waals surface area contributed by atoms with Crippen molar-refractivity contribution in [3.05, 3.63) is 62.7 Å². The van der Waals surface area contributed by atoms with Gasteiger partial charge in [-0.05, 0) is 18.6 Å². The van der Waals surface area contributed by atoms with Crippen molar-refractivity contribution in [2.75, 3.05) is 11.1 Å². The summed E-state index contributed by atoms with van der Waals surface area (Å²) in [6.45, 7) is 1.29. The summed E-state index contributed by atoms with van der Waals surface area (Å²) >= 11 is 0. The lowest BCUT2D eigenvalue weighted by Crippen LogP contribution is -2.11. The van der Waals surface area contributed by atoms with E-state index in [2.05, 4.69) is 5.32 Å². The predicted molar refractivity (Wildman–Crippen MR) is 75.8 cm³/mol. The number of nitrogen functional groups attached to an aromatic ring is 1. The van der Waals surface area contributed by atoms with Crippen molar-refractivity contribution < 1.29 is 22.5 Å². The highest BCUT2D eigenvalue weighted by molar-refractivity contribution is 5.69. The van der Waals surface area contributed by atoms with Gasteiger partial charge in [0.2, 0.25) is 5.82 Å². The third-order valence-corrected chi connectivity index (χ3v) is 3.18. The zero-order valence-corrected chi connectivity index (χ0v) is 11.8. The van der Waals surface area contributed by atoms with E-state index in [4.69, 9.17) is 5.73 Å². The van der Waals surface area contributed by atoms with Crippen molar-refractivity contribution in [2.24, 2.45) is 0 Å². The average Bonchev–Trinajstić information content (AvgIpc) is 2.47. The Hall–Kier alpha value is -2.84. The standard InChI is InChI=1S/C14H11F4N3O2/c1-6-2-3-7(8(15)4-6)5-20-13-9(16)10(17)14(21(22)23)12(19)11(13)18/h2-4,20H,5,19H2,1H3. The molecule has 0 radical (unpaired) electrons. The number of aryl methyl sites for hydroxylation is 1. The monoisotopic (exact) mass is 329 g/mol. The van der Waals surface area contributed by atoms with Crippen LogP contribution in [0.4, 0.5) is 34.6 Å². The Morgan fingerprint density at radius 2 is 1.83 bits per heavy atom. The van der Waals surface area contributed by atoms with Gasteiger partial charge in [-0.3, -0.25) is 10.1 Å². The molecule has 0 fully saturated rings. The average molecular weight is 329 g/mol. The van der Waals surface area contributed by atoms with Crippen molar-refractivity contribution in [3.63, 3.8) is 0 Å². The first-order valence-corrected chi connectivity index (χ1v) is 6.33. The molecule has 5 nitrogen and oxygen atoms in total. The first-order valence-electron chi connectivity index (χ1n) is 6.33. The Morgan fingerprint density at radius 1 is 1.17 bits per heavy atom. The quantitative estimate of drug-likeness (QED) is 0.295. The number of nitrogens with one attached hydrogen (secondary N) is 1. The maximum absolute atomic E-state index is 13.9. The van der Waals surface area contributed by atoms with Gasteiger partial charge in [-0.2, -0.15) is 4.39 Å². The number of halogens is 4. The summed E-state index contributed by atoms with van der Waals surface area (Å²) in [7, 11) is 0.